The van der Waals surface area contributed by atoms with Crippen LogP contribution in [0.4, 0.5) is 11.4 Å². The van der Waals surface area contributed by atoms with Crippen LogP contribution in [0.15, 0.2) is 69.4 Å². The summed E-state index contributed by atoms with van der Waals surface area (Å²) >= 11 is 2.74. The zero-order valence-electron chi connectivity index (χ0n) is 15.6. The molecule has 0 atom stereocenters. The Morgan fingerprint density at radius 2 is 1.81 bits per heavy atom. The summed E-state index contributed by atoms with van der Waals surface area (Å²) in [6.07, 6.45) is 1.30. The van der Waals surface area contributed by atoms with Crippen LogP contribution in [-0.2, 0) is 0 Å². The minimum absolute atomic E-state index is 0.134. The van der Waals surface area contributed by atoms with Crippen molar-refractivity contribution in [3.05, 3.63) is 79.8 Å². The van der Waals surface area contributed by atoms with Gasteiger partial charge in [0.2, 0.25) is 10.6 Å². The molecule has 0 radical (unpaired) electrons. The van der Waals surface area contributed by atoms with Crippen molar-refractivity contribution in [1.82, 2.24) is 4.68 Å². The van der Waals surface area contributed by atoms with Gasteiger partial charge in [0.1, 0.15) is 5.69 Å². The highest BCUT2D eigenvalue weighted by Gasteiger charge is 2.14. The number of nitro benzene ring substituents is 1. The number of phenols is 3. The van der Waals surface area contributed by atoms with E-state index < -0.39 is 22.2 Å². The number of rotatable bonds is 5. The number of nitro groups is 1. The molecule has 0 bridgehead atoms. The van der Waals surface area contributed by atoms with Crippen molar-refractivity contribution in [3.63, 3.8) is 0 Å². The number of thiophene rings is 1. The van der Waals surface area contributed by atoms with Crippen molar-refractivity contribution in [2.45, 2.75) is 0 Å². The SMILES string of the molecule is O=[N+]([O-])c1ccccc1N=c1scc(-c2cccs2)n1N=Cc1ccc(O)c(O)c1O. The second kappa shape index (κ2) is 8.42. The Morgan fingerprint density at radius 3 is 2.55 bits per heavy atom. The molecule has 4 aromatic rings. The zero-order chi connectivity index (χ0) is 22.0. The number of aromatic nitrogens is 1. The van der Waals surface area contributed by atoms with Gasteiger partial charge >= 0.3 is 0 Å². The normalized spacial score (nSPS) is 11.9. The molecule has 0 saturated heterocycles. The quantitative estimate of drug-likeness (QED) is 0.178. The van der Waals surface area contributed by atoms with Crippen LogP contribution < -0.4 is 4.80 Å². The van der Waals surface area contributed by atoms with Crippen molar-refractivity contribution in [3.8, 4) is 27.8 Å². The molecule has 2 aromatic heterocycles. The van der Waals surface area contributed by atoms with Gasteiger partial charge in [0.15, 0.2) is 11.5 Å². The van der Waals surface area contributed by atoms with Crippen LogP contribution in [0.1, 0.15) is 5.56 Å². The summed E-state index contributed by atoms with van der Waals surface area (Å²) < 4.78 is 1.50. The molecule has 2 heterocycles. The number of thiazole rings is 1. The van der Waals surface area contributed by atoms with E-state index in [-0.39, 0.29) is 16.9 Å². The van der Waals surface area contributed by atoms with Crippen molar-refractivity contribution < 1.29 is 20.2 Å². The average molecular weight is 454 g/mol. The molecule has 0 saturated carbocycles. The van der Waals surface area contributed by atoms with E-state index in [1.807, 2.05) is 22.9 Å². The number of phenolic OH excluding ortho intramolecular Hbond substituents is 3. The molecule has 0 unspecified atom stereocenters. The van der Waals surface area contributed by atoms with Crippen LogP contribution in [0.25, 0.3) is 10.6 Å². The highest BCUT2D eigenvalue weighted by Crippen LogP contribution is 2.36. The second-order valence-electron chi connectivity index (χ2n) is 6.17. The molecule has 0 aliphatic heterocycles. The molecule has 0 aliphatic carbocycles. The molecule has 0 amide bonds. The van der Waals surface area contributed by atoms with Crippen LogP contribution in [0, 0.1) is 10.1 Å². The molecule has 31 heavy (non-hydrogen) atoms. The summed E-state index contributed by atoms with van der Waals surface area (Å²) in [5, 5.41) is 48.7. The summed E-state index contributed by atoms with van der Waals surface area (Å²) in [5.41, 5.74) is 0.921. The topological polar surface area (TPSA) is 133 Å². The molecule has 11 heteroatoms. The minimum atomic E-state index is -0.650. The molecule has 3 N–H and O–H groups in total. The molecule has 9 nitrogen and oxygen atoms in total. The van der Waals surface area contributed by atoms with Gasteiger partial charge < -0.3 is 15.3 Å². The first kappa shape index (κ1) is 20.3. The Hall–Kier alpha value is -3.96. The van der Waals surface area contributed by atoms with Gasteiger partial charge in [0.25, 0.3) is 5.69 Å². The Kier molecular flexibility index (Phi) is 5.52. The highest BCUT2D eigenvalue weighted by atomic mass is 32.1. The lowest BCUT2D eigenvalue weighted by molar-refractivity contribution is -0.384. The largest absolute Gasteiger partial charge is 0.504 e. The van der Waals surface area contributed by atoms with Gasteiger partial charge in [0.05, 0.1) is 21.7 Å². The third-order valence-corrected chi connectivity index (χ3v) is 5.94. The summed E-state index contributed by atoms with van der Waals surface area (Å²) in [4.78, 5) is 16.5. The number of para-hydroxylation sites is 2. The van der Waals surface area contributed by atoms with Crippen LogP contribution >= 0.6 is 22.7 Å². The summed E-state index contributed by atoms with van der Waals surface area (Å²) in [5.74, 6) is -1.62. The lowest BCUT2D eigenvalue weighted by Gasteiger charge is -2.04. The first-order valence-electron chi connectivity index (χ1n) is 8.76. The zero-order valence-corrected chi connectivity index (χ0v) is 17.2. The molecule has 0 fully saturated rings. The summed E-state index contributed by atoms with van der Waals surface area (Å²) in [7, 11) is 0. The fraction of sp³-hybridized carbons (Fsp3) is 0. The molecule has 156 valence electrons. The van der Waals surface area contributed by atoms with Crippen molar-refractivity contribution in [2.75, 3.05) is 0 Å². The smallest absolute Gasteiger partial charge is 0.294 e. The van der Waals surface area contributed by atoms with E-state index in [2.05, 4.69) is 10.1 Å². The van der Waals surface area contributed by atoms with E-state index in [0.717, 1.165) is 4.88 Å². The molecule has 0 aliphatic rings. The number of hydrogen-bond donors (Lipinski definition) is 3. The number of aromatic hydroxyl groups is 3. The van der Waals surface area contributed by atoms with E-state index in [1.54, 1.807) is 18.2 Å². The van der Waals surface area contributed by atoms with E-state index in [9.17, 15) is 25.4 Å². The Labute approximate surface area is 182 Å². The van der Waals surface area contributed by atoms with Crippen LogP contribution in [0.5, 0.6) is 17.2 Å². The van der Waals surface area contributed by atoms with Crippen LogP contribution in [0.3, 0.4) is 0 Å². The Bertz CT molecular complexity index is 1360. The second-order valence-corrected chi connectivity index (χ2v) is 7.95. The average Bonchev–Trinajstić information content (AvgIpc) is 3.42. The lowest BCUT2D eigenvalue weighted by atomic mass is 10.2. The maximum atomic E-state index is 11.3. The van der Waals surface area contributed by atoms with Gasteiger partial charge in [0, 0.05) is 17.0 Å². The molecule has 0 spiro atoms. The summed E-state index contributed by atoms with van der Waals surface area (Å²) in [6, 6.07) is 12.5. The van der Waals surface area contributed by atoms with Crippen molar-refractivity contribution in [1.29, 1.82) is 0 Å². The first-order chi connectivity index (χ1) is 15.0. The minimum Gasteiger partial charge on any atom is -0.504 e. The highest BCUT2D eigenvalue weighted by molar-refractivity contribution is 7.14. The standard InChI is InChI=1S/C20H14N4O5S2/c25-16-8-7-12(18(26)19(16)27)10-21-23-15(17-6-3-9-30-17)11-31-20(23)22-13-4-1-2-5-14(13)24(28)29/h1-11,25-27H. The fourth-order valence-corrected chi connectivity index (χ4v) is 4.35. The third-order valence-electron chi connectivity index (χ3n) is 4.23. The van der Waals surface area contributed by atoms with Gasteiger partial charge in [-0.3, -0.25) is 10.1 Å². The Morgan fingerprint density at radius 1 is 1.00 bits per heavy atom. The van der Waals surface area contributed by atoms with E-state index >= 15 is 0 Å². The number of hydrogen-bond acceptors (Lipinski definition) is 9. The fourth-order valence-electron chi connectivity index (χ4n) is 2.71. The lowest BCUT2D eigenvalue weighted by Crippen LogP contribution is -2.11. The maximum absolute atomic E-state index is 11.3. The Balaban J connectivity index is 1.88. The number of benzene rings is 2. The van der Waals surface area contributed by atoms with E-state index in [1.165, 1.54) is 51.8 Å². The molecule has 4 rings (SSSR count). The summed E-state index contributed by atoms with van der Waals surface area (Å²) in [6.45, 7) is 0. The van der Waals surface area contributed by atoms with E-state index in [0.29, 0.717) is 10.5 Å². The van der Waals surface area contributed by atoms with Gasteiger partial charge in [-0.15, -0.1) is 22.7 Å². The van der Waals surface area contributed by atoms with Crippen molar-refractivity contribution in [2.24, 2.45) is 10.1 Å². The van der Waals surface area contributed by atoms with Crippen LogP contribution in [0.2, 0.25) is 0 Å². The van der Waals surface area contributed by atoms with Gasteiger partial charge in [-0.2, -0.15) is 5.10 Å². The third kappa shape index (κ3) is 4.04. The molecule has 2 aromatic carbocycles. The monoisotopic (exact) mass is 454 g/mol. The predicted octanol–water partition coefficient (Wildman–Crippen LogP) is 4.42. The molecular formula is C20H14N4O5S2. The number of nitrogens with zero attached hydrogens (tertiary/aromatic N) is 4. The molecular weight excluding hydrogens is 440 g/mol. The van der Waals surface area contributed by atoms with Gasteiger partial charge in [-0.05, 0) is 29.6 Å². The van der Waals surface area contributed by atoms with Crippen molar-refractivity contribution >= 4 is 40.3 Å². The van der Waals surface area contributed by atoms with Crippen LogP contribution in [-0.4, -0.2) is 31.1 Å². The van der Waals surface area contributed by atoms with Gasteiger partial charge in [-0.25, -0.2) is 9.67 Å². The van der Waals surface area contributed by atoms with Gasteiger partial charge in [-0.1, -0.05) is 18.2 Å². The predicted molar refractivity (Wildman–Crippen MR) is 118 cm³/mol. The van der Waals surface area contributed by atoms with E-state index in [4.69, 9.17) is 0 Å². The maximum Gasteiger partial charge on any atom is 0.294 e. The first-order valence-corrected chi connectivity index (χ1v) is 10.5.